The lowest BCUT2D eigenvalue weighted by Crippen LogP contribution is -1.82. The zero-order chi connectivity index (χ0) is 5.28. The standard InChI is InChI=1S/C4H2N2O/c5-1-3-4(2-6)7-3/h3-4H/t3-,4-/m1/s1. The number of epoxide rings is 1. The van der Waals surface area contributed by atoms with E-state index in [2.05, 4.69) is 4.74 Å². The van der Waals surface area contributed by atoms with Gasteiger partial charge >= 0.3 is 0 Å². The van der Waals surface area contributed by atoms with Crippen molar-refractivity contribution in [2.75, 3.05) is 0 Å². The molecule has 0 aliphatic carbocycles. The van der Waals surface area contributed by atoms with Crippen molar-refractivity contribution in [3.8, 4) is 12.1 Å². The normalized spacial score (nSPS) is 35.7. The Labute approximate surface area is 40.7 Å². The first-order valence-corrected chi connectivity index (χ1v) is 1.83. The molecule has 0 aromatic rings. The summed E-state index contributed by atoms with van der Waals surface area (Å²) in [5.41, 5.74) is 0. The molecular formula is C4H2N2O. The Kier molecular flexibility index (Phi) is 0.714. The molecule has 0 radical (unpaired) electrons. The lowest BCUT2D eigenvalue weighted by molar-refractivity contribution is 0.419. The highest BCUT2D eigenvalue weighted by molar-refractivity contribution is 5.12. The Balaban J connectivity index is 2.39. The van der Waals surface area contributed by atoms with Crippen molar-refractivity contribution in [2.24, 2.45) is 0 Å². The van der Waals surface area contributed by atoms with Crippen LogP contribution in [0.15, 0.2) is 0 Å². The lowest BCUT2D eigenvalue weighted by Gasteiger charge is -1.54. The van der Waals surface area contributed by atoms with Crippen LogP contribution < -0.4 is 0 Å². The highest BCUT2D eigenvalue weighted by Crippen LogP contribution is 2.18. The maximum atomic E-state index is 7.98. The summed E-state index contributed by atoms with van der Waals surface area (Å²) in [6.45, 7) is 0. The topological polar surface area (TPSA) is 60.1 Å². The molecule has 0 amide bonds. The highest BCUT2D eigenvalue weighted by Gasteiger charge is 2.39. The van der Waals surface area contributed by atoms with Gasteiger partial charge in [-0.25, -0.2) is 0 Å². The molecule has 0 saturated carbocycles. The van der Waals surface area contributed by atoms with Gasteiger partial charge in [-0.15, -0.1) is 0 Å². The predicted molar refractivity (Wildman–Crippen MR) is 19.9 cm³/mol. The molecule has 0 unspecified atom stereocenters. The van der Waals surface area contributed by atoms with Gasteiger partial charge in [0.1, 0.15) is 0 Å². The molecule has 0 bridgehead atoms. The van der Waals surface area contributed by atoms with Crippen LogP contribution in [0.2, 0.25) is 0 Å². The van der Waals surface area contributed by atoms with Gasteiger partial charge in [-0.05, 0) is 0 Å². The second kappa shape index (κ2) is 1.22. The first kappa shape index (κ1) is 4.11. The SMILES string of the molecule is N#C[C@H]1O[C@@H]1C#N. The second-order valence-corrected chi connectivity index (χ2v) is 1.24. The van der Waals surface area contributed by atoms with Gasteiger partial charge < -0.3 is 4.74 Å². The van der Waals surface area contributed by atoms with Crippen LogP contribution >= 0.6 is 0 Å². The maximum absolute atomic E-state index is 7.98. The van der Waals surface area contributed by atoms with Gasteiger partial charge in [0.2, 0.25) is 0 Å². The summed E-state index contributed by atoms with van der Waals surface area (Å²) in [6, 6.07) is 3.59. The van der Waals surface area contributed by atoms with E-state index in [1.54, 1.807) is 12.1 Å². The number of hydrogen-bond acceptors (Lipinski definition) is 3. The van der Waals surface area contributed by atoms with Crippen molar-refractivity contribution in [1.29, 1.82) is 10.5 Å². The zero-order valence-corrected chi connectivity index (χ0v) is 3.46. The summed E-state index contributed by atoms with van der Waals surface area (Å²) < 4.78 is 4.49. The van der Waals surface area contributed by atoms with Gasteiger partial charge in [0.25, 0.3) is 0 Å². The van der Waals surface area contributed by atoms with Crippen molar-refractivity contribution in [3.63, 3.8) is 0 Å². The van der Waals surface area contributed by atoms with Gasteiger partial charge in [-0.3, -0.25) is 0 Å². The molecule has 1 fully saturated rings. The molecule has 3 heteroatoms. The molecule has 3 nitrogen and oxygen atoms in total. The second-order valence-electron chi connectivity index (χ2n) is 1.24. The third-order valence-corrected chi connectivity index (χ3v) is 0.746. The van der Waals surface area contributed by atoms with Crippen molar-refractivity contribution in [2.45, 2.75) is 12.2 Å². The fourth-order valence-corrected chi connectivity index (χ4v) is 0.309. The van der Waals surface area contributed by atoms with Gasteiger partial charge in [0, 0.05) is 0 Å². The Bertz CT molecular complexity index is 134. The van der Waals surface area contributed by atoms with Crippen LogP contribution in [-0.4, -0.2) is 12.2 Å². The van der Waals surface area contributed by atoms with E-state index >= 15 is 0 Å². The average Bonchev–Trinajstić information content (AvgIpc) is 2.43. The van der Waals surface area contributed by atoms with E-state index in [-0.39, 0.29) is 0 Å². The van der Waals surface area contributed by atoms with Gasteiger partial charge in [-0.1, -0.05) is 0 Å². The molecule has 1 heterocycles. The van der Waals surface area contributed by atoms with Gasteiger partial charge in [0.15, 0.2) is 12.2 Å². The first-order chi connectivity index (χ1) is 3.38. The summed E-state index contributed by atoms with van der Waals surface area (Å²) in [5.74, 6) is 0. The Morgan fingerprint density at radius 3 is 1.71 bits per heavy atom. The molecule has 34 valence electrons. The molecule has 2 atom stereocenters. The van der Waals surface area contributed by atoms with Crippen molar-refractivity contribution in [1.82, 2.24) is 0 Å². The van der Waals surface area contributed by atoms with Crippen molar-refractivity contribution in [3.05, 3.63) is 0 Å². The van der Waals surface area contributed by atoms with E-state index in [1.165, 1.54) is 0 Å². The first-order valence-electron chi connectivity index (χ1n) is 1.83. The Hall–Kier alpha value is -1.06. The minimum atomic E-state index is -0.440. The molecule has 0 spiro atoms. The minimum Gasteiger partial charge on any atom is -0.337 e. The molecule has 1 rings (SSSR count). The summed E-state index contributed by atoms with van der Waals surface area (Å²) in [7, 11) is 0. The van der Waals surface area contributed by atoms with Crippen LogP contribution in [0.1, 0.15) is 0 Å². The van der Waals surface area contributed by atoms with E-state index < -0.39 is 12.2 Å². The monoisotopic (exact) mass is 94.0 g/mol. The third-order valence-electron chi connectivity index (χ3n) is 0.746. The van der Waals surface area contributed by atoms with E-state index in [0.717, 1.165) is 0 Å². The summed E-state index contributed by atoms with van der Waals surface area (Å²) in [6.07, 6.45) is -0.880. The van der Waals surface area contributed by atoms with E-state index in [4.69, 9.17) is 10.5 Å². The van der Waals surface area contributed by atoms with Crippen LogP contribution in [0.3, 0.4) is 0 Å². The Morgan fingerprint density at radius 2 is 1.57 bits per heavy atom. The maximum Gasteiger partial charge on any atom is 0.185 e. The molecule has 1 aliphatic heterocycles. The molecule has 1 aliphatic rings. The average molecular weight is 94.1 g/mol. The molecule has 0 N–H and O–H groups in total. The Morgan fingerprint density at radius 1 is 1.14 bits per heavy atom. The van der Waals surface area contributed by atoms with Crippen molar-refractivity contribution < 1.29 is 4.74 Å². The number of rotatable bonds is 0. The smallest absolute Gasteiger partial charge is 0.185 e. The zero-order valence-electron chi connectivity index (χ0n) is 3.46. The van der Waals surface area contributed by atoms with E-state index in [9.17, 15) is 0 Å². The number of nitriles is 2. The quantitative estimate of drug-likeness (QED) is 0.390. The van der Waals surface area contributed by atoms with Crippen molar-refractivity contribution >= 4 is 0 Å². The lowest BCUT2D eigenvalue weighted by atomic mass is 10.4. The minimum absolute atomic E-state index is 0.440. The van der Waals surface area contributed by atoms with E-state index in [1.807, 2.05) is 0 Å². The van der Waals surface area contributed by atoms with Crippen LogP contribution in [0.25, 0.3) is 0 Å². The molecule has 0 aromatic carbocycles. The van der Waals surface area contributed by atoms with Crippen LogP contribution in [-0.2, 0) is 4.74 Å². The number of hydrogen-bond donors (Lipinski definition) is 0. The summed E-state index contributed by atoms with van der Waals surface area (Å²) >= 11 is 0. The van der Waals surface area contributed by atoms with Crippen LogP contribution in [0.5, 0.6) is 0 Å². The largest absolute Gasteiger partial charge is 0.337 e. The molecule has 1 saturated heterocycles. The molecular weight excluding hydrogens is 92.1 g/mol. The van der Waals surface area contributed by atoms with Crippen LogP contribution in [0.4, 0.5) is 0 Å². The highest BCUT2D eigenvalue weighted by atomic mass is 16.6. The van der Waals surface area contributed by atoms with Crippen LogP contribution in [0, 0.1) is 22.7 Å². The van der Waals surface area contributed by atoms with Gasteiger partial charge in [-0.2, -0.15) is 10.5 Å². The fraction of sp³-hybridized carbons (Fsp3) is 0.500. The number of nitrogens with zero attached hydrogens (tertiary/aromatic N) is 2. The van der Waals surface area contributed by atoms with E-state index in [0.29, 0.717) is 0 Å². The summed E-state index contributed by atoms with van der Waals surface area (Å²) in [4.78, 5) is 0. The number of ether oxygens (including phenoxy) is 1. The molecule has 0 aromatic heterocycles. The summed E-state index contributed by atoms with van der Waals surface area (Å²) in [5, 5.41) is 16.0. The molecule has 7 heavy (non-hydrogen) atoms. The fourth-order valence-electron chi connectivity index (χ4n) is 0.309. The van der Waals surface area contributed by atoms with Gasteiger partial charge in [0.05, 0.1) is 12.1 Å². The predicted octanol–water partition coefficient (Wildman–Crippen LogP) is -0.199. The third kappa shape index (κ3) is 0.534.